The smallest absolute Gasteiger partial charge is 0.323 e. The molecule has 1 fully saturated rings. The summed E-state index contributed by atoms with van der Waals surface area (Å²) in [6.45, 7) is 0.845. The van der Waals surface area contributed by atoms with Crippen LogP contribution >= 0.6 is 11.8 Å². The number of imide groups is 1. The lowest BCUT2D eigenvalue weighted by Crippen LogP contribution is -2.42. The summed E-state index contributed by atoms with van der Waals surface area (Å²) >= 11 is 1.46. The quantitative estimate of drug-likeness (QED) is 0.523. The molecule has 0 spiro atoms. The molecule has 4 amide bonds. The predicted molar refractivity (Wildman–Crippen MR) is 120 cm³/mol. The van der Waals surface area contributed by atoms with E-state index in [0.29, 0.717) is 5.69 Å². The van der Waals surface area contributed by atoms with Gasteiger partial charge in [0.05, 0.1) is 5.69 Å². The first kappa shape index (κ1) is 22.5. The minimum absolute atomic E-state index is 0.0762. The summed E-state index contributed by atoms with van der Waals surface area (Å²) in [6, 6.07) is 18.9. The van der Waals surface area contributed by atoms with Gasteiger partial charge in [0, 0.05) is 9.79 Å². The van der Waals surface area contributed by atoms with Crippen molar-refractivity contribution in [3.63, 3.8) is 0 Å². The summed E-state index contributed by atoms with van der Waals surface area (Å²) in [7, 11) is 0. The van der Waals surface area contributed by atoms with Crippen LogP contribution in [0.3, 0.4) is 0 Å². The highest BCUT2D eigenvalue weighted by Gasteiger charge is 2.49. The Kier molecular flexibility index (Phi) is 6.15. The van der Waals surface area contributed by atoms with Crippen LogP contribution in [0.1, 0.15) is 12.5 Å². The lowest BCUT2D eigenvalue weighted by atomic mass is 9.92. The molecule has 4 rings (SSSR count). The highest BCUT2D eigenvalue weighted by molar-refractivity contribution is 7.99. The Balaban J connectivity index is 1.49. The van der Waals surface area contributed by atoms with Gasteiger partial charge in [0.15, 0.2) is 11.6 Å². The summed E-state index contributed by atoms with van der Waals surface area (Å²) in [4.78, 5) is 40.7. The van der Waals surface area contributed by atoms with Crippen molar-refractivity contribution in [2.75, 3.05) is 11.9 Å². The number of anilines is 1. The Morgan fingerprint density at radius 1 is 1.00 bits per heavy atom. The Morgan fingerprint density at radius 3 is 2.42 bits per heavy atom. The second-order valence-corrected chi connectivity index (χ2v) is 8.65. The van der Waals surface area contributed by atoms with Gasteiger partial charge in [-0.1, -0.05) is 48.2 Å². The van der Waals surface area contributed by atoms with E-state index in [9.17, 15) is 23.2 Å². The first-order valence-electron chi connectivity index (χ1n) is 9.99. The first-order chi connectivity index (χ1) is 15.8. The van der Waals surface area contributed by atoms with Gasteiger partial charge in [-0.15, -0.1) is 0 Å². The zero-order valence-corrected chi connectivity index (χ0v) is 18.3. The topological polar surface area (TPSA) is 78.5 Å². The van der Waals surface area contributed by atoms with Crippen molar-refractivity contribution < 1.29 is 23.2 Å². The highest BCUT2D eigenvalue weighted by atomic mass is 32.2. The molecule has 0 saturated carbocycles. The fourth-order valence-electron chi connectivity index (χ4n) is 3.45. The number of hydrogen-bond donors (Lipinski definition) is 2. The third-order valence-electron chi connectivity index (χ3n) is 5.21. The van der Waals surface area contributed by atoms with Crippen molar-refractivity contribution in [2.24, 2.45) is 0 Å². The van der Waals surface area contributed by atoms with E-state index in [1.54, 1.807) is 12.1 Å². The molecule has 0 bridgehead atoms. The summed E-state index contributed by atoms with van der Waals surface area (Å²) in [5.74, 6) is -3.52. The number of urea groups is 1. The van der Waals surface area contributed by atoms with E-state index in [1.807, 2.05) is 42.5 Å². The third kappa shape index (κ3) is 4.58. The zero-order chi connectivity index (χ0) is 23.6. The number of benzene rings is 3. The number of carbonyl (C=O) groups is 3. The van der Waals surface area contributed by atoms with E-state index in [1.165, 1.54) is 24.8 Å². The van der Waals surface area contributed by atoms with E-state index in [4.69, 9.17) is 0 Å². The van der Waals surface area contributed by atoms with Gasteiger partial charge < -0.3 is 10.6 Å². The number of nitrogens with one attached hydrogen (secondary N) is 2. The van der Waals surface area contributed by atoms with Gasteiger partial charge in [-0.3, -0.25) is 14.5 Å². The number of amides is 4. The SMILES string of the molecule is CC1(c2ccc(F)c(F)c2)NC(=O)N(CC(=O)Nc2ccccc2Sc2ccccc2)C1=O. The lowest BCUT2D eigenvalue weighted by Gasteiger charge is -2.22. The maximum absolute atomic E-state index is 13.7. The second kappa shape index (κ2) is 9.03. The summed E-state index contributed by atoms with van der Waals surface area (Å²) in [6.07, 6.45) is 0. The standard InChI is InChI=1S/C24H19F2N3O3S/c1-24(15-11-12-17(25)18(26)13-15)22(31)29(23(32)28-24)14-21(30)27-19-9-5-6-10-20(19)33-16-7-3-2-4-8-16/h2-13H,14H2,1H3,(H,27,30)(H,28,32). The third-order valence-corrected chi connectivity index (χ3v) is 6.29. The van der Waals surface area contributed by atoms with Crippen molar-refractivity contribution in [1.29, 1.82) is 0 Å². The summed E-state index contributed by atoms with van der Waals surface area (Å²) in [5, 5.41) is 5.21. The average molecular weight is 467 g/mol. The van der Waals surface area contributed by atoms with E-state index >= 15 is 0 Å². The van der Waals surface area contributed by atoms with Crippen LogP contribution in [0.2, 0.25) is 0 Å². The van der Waals surface area contributed by atoms with Crippen molar-refractivity contribution in [3.8, 4) is 0 Å². The monoisotopic (exact) mass is 467 g/mol. The average Bonchev–Trinajstić information content (AvgIpc) is 3.01. The molecule has 3 aromatic rings. The van der Waals surface area contributed by atoms with E-state index in [0.717, 1.165) is 26.8 Å². The molecule has 9 heteroatoms. The number of para-hydroxylation sites is 1. The van der Waals surface area contributed by atoms with Crippen molar-refractivity contribution in [1.82, 2.24) is 10.2 Å². The van der Waals surface area contributed by atoms with Crippen LogP contribution in [-0.4, -0.2) is 29.3 Å². The molecule has 0 aromatic heterocycles. The molecule has 1 atom stereocenters. The molecular formula is C24H19F2N3O3S. The molecule has 1 aliphatic heterocycles. The van der Waals surface area contributed by atoms with Crippen LogP contribution in [0, 0.1) is 11.6 Å². The maximum Gasteiger partial charge on any atom is 0.325 e. The molecular weight excluding hydrogens is 448 g/mol. The Morgan fingerprint density at radius 2 is 1.70 bits per heavy atom. The fourth-order valence-corrected chi connectivity index (χ4v) is 4.37. The van der Waals surface area contributed by atoms with Gasteiger partial charge >= 0.3 is 6.03 Å². The van der Waals surface area contributed by atoms with Crippen molar-refractivity contribution >= 4 is 35.3 Å². The van der Waals surface area contributed by atoms with Crippen LogP contribution in [0.25, 0.3) is 0 Å². The van der Waals surface area contributed by atoms with Crippen LogP contribution in [0.5, 0.6) is 0 Å². The molecule has 1 saturated heterocycles. The molecule has 1 aliphatic rings. The van der Waals surface area contributed by atoms with Gasteiger partial charge in [0.1, 0.15) is 12.1 Å². The second-order valence-electron chi connectivity index (χ2n) is 7.53. The number of nitrogens with zero attached hydrogens (tertiary/aromatic N) is 1. The summed E-state index contributed by atoms with van der Waals surface area (Å²) < 4.78 is 27.0. The predicted octanol–water partition coefficient (Wildman–Crippen LogP) is 4.52. The van der Waals surface area contributed by atoms with Crippen LogP contribution in [-0.2, 0) is 15.1 Å². The Labute approximate surface area is 193 Å². The molecule has 6 nitrogen and oxygen atoms in total. The fraction of sp³-hybridized carbons (Fsp3) is 0.125. The number of hydrogen-bond acceptors (Lipinski definition) is 4. The van der Waals surface area contributed by atoms with Gasteiger partial charge in [0.25, 0.3) is 5.91 Å². The van der Waals surface area contributed by atoms with E-state index in [-0.39, 0.29) is 5.56 Å². The number of carbonyl (C=O) groups excluding carboxylic acids is 3. The minimum Gasteiger partial charge on any atom is -0.323 e. The normalized spacial score (nSPS) is 17.7. The van der Waals surface area contributed by atoms with E-state index < -0.39 is 41.6 Å². The lowest BCUT2D eigenvalue weighted by molar-refractivity contribution is -0.133. The Bertz CT molecular complexity index is 1240. The Hall–Kier alpha value is -3.72. The van der Waals surface area contributed by atoms with Crippen LogP contribution in [0.4, 0.5) is 19.3 Å². The molecule has 0 aliphatic carbocycles. The van der Waals surface area contributed by atoms with Crippen molar-refractivity contribution in [3.05, 3.63) is 90.0 Å². The molecule has 1 heterocycles. The van der Waals surface area contributed by atoms with Gasteiger partial charge in [-0.25, -0.2) is 13.6 Å². The highest BCUT2D eigenvalue weighted by Crippen LogP contribution is 2.33. The molecule has 2 N–H and O–H groups in total. The van der Waals surface area contributed by atoms with Gasteiger partial charge in [-0.05, 0) is 48.9 Å². The molecule has 33 heavy (non-hydrogen) atoms. The number of halogens is 2. The minimum atomic E-state index is -1.62. The molecule has 3 aromatic carbocycles. The van der Waals surface area contributed by atoms with Crippen molar-refractivity contribution in [2.45, 2.75) is 22.3 Å². The maximum atomic E-state index is 13.7. The molecule has 1 unspecified atom stereocenters. The molecule has 168 valence electrons. The van der Waals surface area contributed by atoms with Gasteiger partial charge in [-0.2, -0.15) is 0 Å². The van der Waals surface area contributed by atoms with Crippen LogP contribution in [0.15, 0.2) is 82.6 Å². The van der Waals surface area contributed by atoms with E-state index in [2.05, 4.69) is 10.6 Å². The zero-order valence-electron chi connectivity index (χ0n) is 17.5. The summed E-state index contributed by atoms with van der Waals surface area (Å²) in [5.41, 5.74) is -1.01. The first-order valence-corrected chi connectivity index (χ1v) is 10.8. The van der Waals surface area contributed by atoms with Gasteiger partial charge in [0.2, 0.25) is 5.91 Å². The number of rotatable bonds is 6. The van der Waals surface area contributed by atoms with Crippen LogP contribution < -0.4 is 10.6 Å². The molecule has 0 radical (unpaired) electrons. The largest absolute Gasteiger partial charge is 0.325 e.